The van der Waals surface area contributed by atoms with Crippen molar-refractivity contribution in [2.45, 2.75) is 11.4 Å². The van der Waals surface area contributed by atoms with Crippen molar-refractivity contribution in [3.05, 3.63) is 78.5 Å². The summed E-state index contributed by atoms with van der Waals surface area (Å²) in [4.78, 5) is -0.386. The molecule has 0 aliphatic carbocycles. The number of nitrogens with zero attached hydrogens (tertiary/aromatic N) is 4. The molecule has 0 spiro atoms. The third kappa shape index (κ3) is 3.74. The third-order valence-corrected chi connectivity index (χ3v) is 7.03. The summed E-state index contributed by atoms with van der Waals surface area (Å²) < 4.78 is 44.9. The van der Waals surface area contributed by atoms with E-state index in [2.05, 4.69) is 5.10 Å². The van der Waals surface area contributed by atoms with E-state index < -0.39 is 21.6 Å². The molecule has 0 unspecified atom stereocenters. The van der Waals surface area contributed by atoms with Gasteiger partial charge in [-0.2, -0.15) is 9.40 Å². The van der Waals surface area contributed by atoms with Crippen molar-refractivity contribution in [1.29, 1.82) is 0 Å². The summed E-state index contributed by atoms with van der Waals surface area (Å²) in [6.07, 6.45) is 3.21. The van der Waals surface area contributed by atoms with Gasteiger partial charge in [0.15, 0.2) is 0 Å². The Kier molecular flexibility index (Phi) is 5.49. The molecule has 2 aromatic carbocycles. The van der Waals surface area contributed by atoms with Crippen LogP contribution in [0.2, 0.25) is 0 Å². The number of benzene rings is 2. The molecule has 0 saturated heterocycles. The van der Waals surface area contributed by atoms with E-state index in [4.69, 9.17) is 0 Å². The summed E-state index contributed by atoms with van der Waals surface area (Å²) >= 11 is 0. The van der Waals surface area contributed by atoms with Crippen molar-refractivity contribution < 1.29 is 23.0 Å². The fourth-order valence-electron chi connectivity index (χ4n) is 3.43. The van der Waals surface area contributed by atoms with Crippen LogP contribution in [0, 0.1) is 5.82 Å². The average Bonchev–Trinajstić information content (AvgIpc) is 3.37. The van der Waals surface area contributed by atoms with Gasteiger partial charge in [0.1, 0.15) is 27.9 Å². The highest BCUT2D eigenvalue weighted by atomic mass is 32.2. The van der Waals surface area contributed by atoms with Crippen LogP contribution in [0.3, 0.4) is 0 Å². The number of hydrogen-bond donors (Lipinski definition) is 2. The first-order chi connectivity index (χ1) is 15.2. The van der Waals surface area contributed by atoms with Crippen LogP contribution < -0.4 is 0 Å². The lowest BCUT2D eigenvalue weighted by atomic mass is 10.1. The minimum atomic E-state index is -4.12. The Morgan fingerprint density at radius 1 is 1.06 bits per heavy atom. The highest BCUT2D eigenvalue weighted by Gasteiger charge is 2.28. The van der Waals surface area contributed by atoms with E-state index in [0.717, 1.165) is 22.1 Å². The maximum absolute atomic E-state index is 14.3. The largest absolute Gasteiger partial charge is 0.507 e. The van der Waals surface area contributed by atoms with E-state index >= 15 is 0 Å². The SMILES string of the molecule is CN(Cc1cccn1C)S(=O)(=O)c1cc(-c2ccnn2-c2ccccc2F)c(O)cc1O. The molecule has 2 heterocycles. The molecule has 2 aromatic heterocycles. The Hall–Kier alpha value is -3.63. The molecule has 0 atom stereocenters. The Labute approximate surface area is 184 Å². The number of aryl methyl sites for hydroxylation is 1. The molecule has 0 radical (unpaired) electrons. The smallest absolute Gasteiger partial charge is 0.246 e. The van der Waals surface area contributed by atoms with E-state index in [0.29, 0.717) is 0 Å². The minimum absolute atomic E-state index is 0.0780. The van der Waals surface area contributed by atoms with Gasteiger partial charge in [-0.3, -0.25) is 0 Å². The molecule has 4 rings (SSSR count). The second-order valence-corrected chi connectivity index (χ2v) is 9.30. The van der Waals surface area contributed by atoms with Crippen molar-refractivity contribution in [3.8, 4) is 28.4 Å². The fourth-order valence-corrected chi connectivity index (χ4v) is 4.66. The molecule has 0 aliphatic rings. The summed E-state index contributed by atoms with van der Waals surface area (Å²) in [5.74, 6) is -1.50. The summed E-state index contributed by atoms with van der Waals surface area (Å²) in [7, 11) is -0.921. The number of phenolic OH excluding ortho intramolecular Hbond substituents is 2. The molecule has 0 fully saturated rings. The number of para-hydroxylation sites is 1. The number of sulfonamides is 1. The summed E-state index contributed by atoms with van der Waals surface area (Å²) in [5.41, 5.74) is 1.22. The second-order valence-electron chi connectivity index (χ2n) is 7.29. The van der Waals surface area contributed by atoms with E-state index in [1.807, 2.05) is 0 Å². The van der Waals surface area contributed by atoms with Gasteiger partial charge in [0, 0.05) is 37.6 Å². The Morgan fingerprint density at radius 2 is 1.81 bits per heavy atom. The lowest BCUT2D eigenvalue weighted by Crippen LogP contribution is -2.27. The van der Waals surface area contributed by atoms with Gasteiger partial charge in [-0.1, -0.05) is 12.1 Å². The van der Waals surface area contributed by atoms with Crippen LogP contribution in [0.25, 0.3) is 16.9 Å². The van der Waals surface area contributed by atoms with Gasteiger partial charge in [0.05, 0.1) is 18.4 Å². The molecular weight excluding hydrogens is 435 g/mol. The quantitative estimate of drug-likeness (QED) is 0.464. The zero-order chi connectivity index (χ0) is 23.0. The summed E-state index contributed by atoms with van der Waals surface area (Å²) in [5, 5.41) is 24.9. The standard InChI is InChI=1S/C22H21FN4O4S/c1-25-11-5-6-15(25)14-26(2)32(30,31)22-12-16(20(28)13-21(22)29)18-9-10-24-27(18)19-8-4-3-7-17(19)23/h3-13,28-29H,14H2,1-2H3. The Bertz CT molecular complexity index is 1390. The number of aromatic hydroxyl groups is 2. The molecule has 0 saturated carbocycles. The highest BCUT2D eigenvalue weighted by Crippen LogP contribution is 2.38. The van der Waals surface area contributed by atoms with Crippen LogP contribution in [0.15, 0.2) is 71.9 Å². The van der Waals surface area contributed by atoms with Crippen LogP contribution in [0.5, 0.6) is 11.5 Å². The second kappa shape index (κ2) is 8.13. The molecule has 2 N–H and O–H groups in total. The number of rotatable bonds is 6. The Balaban J connectivity index is 1.80. The molecule has 32 heavy (non-hydrogen) atoms. The van der Waals surface area contributed by atoms with Gasteiger partial charge in [-0.25, -0.2) is 17.5 Å². The minimum Gasteiger partial charge on any atom is -0.507 e. The van der Waals surface area contributed by atoms with E-state index in [-0.39, 0.29) is 34.1 Å². The lowest BCUT2D eigenvalue weighted by molar-refractivity contribution is 0.427. The molecule has 0 aliphatic heterocycles. The molecule has 0 amide bonds. The topological polar surface area (TPSA) is 101 Å². The van der Waals surface area contributed by atoms with Gasteiger partial charge < -0.3 is 14.8 Å². The predicted molar refractivity (Wildman–Crippen MR) is 116 cm³/mol. The van der Waals surface area contributed by atoms with Gasteiger partial charge in [0.25, 0.3) is 0 Å². The lowest BCUT2D eigenvalue weighted by Gasteiger charge is -2.19. The van der Waals surface area contributed by atoms with Crippen molar-refractivity contribution in [3.63, 3.8) is 0 Å². The number of phenols is 2. The van der Waals surface area contributed by atoms with Crippen LogP contribution >= 0.6 is 0 Å². The van der Waals surface area contributed by atoms with Crippen molar-refractivity contribution in [2.75, 3.05) is 7.05 Å². The zero-order valence-electron chi connectivity index (χ0n) is 17.3. The first-order valence-electron chi connectivity index (χ1n) is 9.62. The van der Waals surface area contributed by atoms with E-state index in [1.54, 1.807) is 36.0 Å². The Morgan fingerprint density at radius 3 is 2.50 bits per heavy atom. The van der Waals surface area contributed by atoms with Crippen molar-refractivity contribution in [2.24, 2.45) is 7.05 Å². The van der Waals surface area contributed by atoms with Crippen molar-refractivity contribution >= 4 is 10.0 Å². The normalized spacial score (nSPS) is 11.9. The molecule has 166 valence electrons. The van der Waals surface area contributed by atoms with Gasteiger partial charge in [-0.05, 0) is 36.4 Å². The number of aromatic nitrogens is 3. The molecule has 8 nitrogen and oxygen atoms in total. The molecule has 10 heteroatoms. The fraction of sp³-hybridized carbons (Fsp3) is 0.136. The zero-order valence-corrected chi connectivity index (χ0v) is 18.2. The van der Waals surface area contributed by atoms with Crippen molar-refractivity contribution in [1.82, 2.24) is 18.7 Å². The van der Waals surface area contributed by atoms with Gasteiger partial charge in [0.2, 0.25) is 10.0 Å². The molecule has 4 aromatic rings. The molecule has 0 bridgehead atoms. The monoisotopic (exact) mass is 456 g/mol. The summed E-state index contributed by atoms with van der Waals surface area (Å²) in [6.45, 7) is 0.0780. The number of halogens is 1. The first kappa shape index (κ1) is 21.6. The maximum Gasteiger partial charge on any atom is 0.246 e. The third-order valence-electron chi connectivity index (χ3n) is 5.20. The van der Waals surface area contributed by atoms with E-state index in [9.17, 15) is 23.0 Å². The van der Waals surface area contributed by atoms with Gasteiger partial charge >= 0.3 is 0 Å². The predicted octanol–water partition coefficient (Wildman–Crippen LogP) is 3.25. The van der Waals surface area contributed by atoms with Gasteiger partial charge in [-0.15, -0.1) is 0 Å². The van der Waals surface area contributed by atoms with Crippen LogP contribution in [-0.2, 0) is 23.6 Å². The summed E-state index contributed by atoms with van der Waals surface area (Å²) in [6, 6.07) is 13.2. The van der Waals surface area contributed by atoms with Crippen LogP contribution in [-0.4, -0.2) is 44.3 Å². The van der Waals surface area contributed by atoms with E-state index in [1.165, 1.54) is 42.2 Å². The number of hydrogen-bond acceptors (Lipinski definition) is 5. The molecular formula is C22H21FN4O4S. The highest BCUT2D eigenvalue weighted by molar-refractivity contribution is 7.89. The maximum atomic E-state index is 14.3. The van der Waals surface area contributed by atoms with Crippen LogP contribution in [0.1, 0.15) is 5.69 Å². The van der Waals surface area contributed by atoms with Crippen LogP contribution in [0.4, 0.5) is 4.39 Å². The first-order valence-corrected chi connectivity index (χ1v) is 11.1. The average molecular weight is 456 g/mol.